The van der Waals surface area contributed by atoms with Gasteiger partial charge in [-0.25, -0.2) is 13.6 Å². The van der Waals surface area contributed by atoms with Gasteiger partial charge in [0.15, 0.2) is 0 Å². The van der Waals surface area contributed by atoms with E-state index >= 15 is 0 Å². The molecule has 7 nitrogen and oxygen atoms in total. The van der Waals surface area contributed by atoms with Crippen molar-refractivity contribution in [2.45, 2.75) is 23.9 Å². The number of aromatic nitrogens is 2. The summed E-state index contributed by atoms with van der Waals surface area (Å²) in [6, 6.07) is 6.72. The van der Waals surface area contributed by atoms with Gasteiger partial charge in [0.1, 0.15) is 17.5 Å². The molecule has 0 unspecified atom stereocenters. The highest BCUT2D eigenvalue weighted by Gasteiger charge is 2.33. The van der Waals surface area contributed by atoms with Crippen LogP contribution in [0.2, 0.25) is 5.02 Å². The van der Waals surface area contributed by atoms with E-state index in [2.05, 4.69) is 17.6 Å². The third kappa shape index (κ3) is 4.02. The SMILES string of the molecule is C=CC(=O)N1CCN(c2nc(=O)n3c4c(c(-c5ccc(F)cc5F)c(Cl)cc24)SCC3)[C@H](CC#N)C1. The number of thioether (sulfide) groups is 1. The van der Waals surface area contributed by atoms with Crippen molar-refractivity contribution >= 4 is 46.0 Å². The van der Waals surface area contributed by atoms with Crippen molar-refractivity contribution in [3.63, 3.8) is 0 Å². The quantitative estimate of drug-likeness (QED) is 0.473. The largest absolute Gasteiger partial charge is 0.350 e. The standard InChI is InChI=1S/C25H20ClF2N5O2S/c1-2-20(34)31-7-8-32(15(13-31)5-6-29)24-17-12-18(26)21(16-4-3-14(27)11-19(16)28)23-22(17)33(9-10-36-23)25(35)30-24/h2-4,11-12,15H,1,5,7-10,13H2/t15-/m1/s1. The number of benzene rings is 2. The van der Waals surface area contributed by atoms with Gasteiger partial charge in [-0.15, -0.1) is 11.8 Å². The number of hydrogen-bond acceptors (Lipinski definition) is 6. The highest BCUT2D eigenvalue weighted by molar-refractivity contribution is 7.99. The van der Waals surface area contributed by atoms with Gasteiger partial charge in [-0.05, 0) is 24.3 Å². The van der Waals surface area contributed by atoms with Gasteiger partial charge in [0.25, 0.3) is 0 Å². The maximum Gasteiger partial charge on any atom is 0.350 e. The van der Waals surface area contributed by atoms with E-state index in [0.29, 0.717) is 52.6 Å². The van der Waals surface area contributed by atoms with Crippen LogP contribution in [0.25, 0.3) is 22.0 Å². The lowest BCUT2D eigenvalue weighted by Gasteiger charge is -2.41. The third-order valence-corrected chi connectivity index (χ3v) is 7.85. The van der Waals surface area contributed by atoms with E-state index in [1.807, 2.05) is 4.90 Å². The van der Waals surface area contributed by atoms with Crippen LogP contribution in [0.3, 0.4) is 0 Å². The Morgan fingerprint density at radius 1 is 1.31 bits per heavy atom. The number of carbonyl (C=O) groups excluding carboxylic acids is 1. The van der Waals surface area contributed by atoms with Crippen LogP contribution in [0.15, 0.2) is 46.6 Å². The van der Waals surface area contributed by atoms with Gasteiger partial charge in [-0.2, -0.15) is 10.2 Å². The molecule has 1 amide bonds. The number of hydrogen-bond donors (Lipinski definition) is 0. The summed E-state index contributed by atoms with van der Waals surface area (Å²) < 4.78 is 29.9. The molecule has 0 saturated carbocycles. The molecule has 184 valence electrons. The molecule has 2 aliphatic rings. The lowest BCUT2D eigenvalue weighted by atomic mass is 10.0. The maximum atomic E-state index is 14.8. The molecule has 0 aliphatic carbocycles. The van der Waals surface area contributed by atoms with Gasteiger partial charge in [-0.1, -0.05) is 18.2 Å². The minimum atomic E-state index is -0.751. The molecule has 1 aromatic heterocycles. The number of rotatable bonds is 4. The van der Waals surface area contributed by atoms with Crippen LogP contribution in [0.1, 0.15) is 6.42 Å². The van der Waals surface area contributed by atoms with Crippen LogP contribution in [0.4, 0.5) is 14.6 Å². The van der Waals surface area contributed by atoms with Gasteiger partial charge in [0.2, 0.25) is 5.91 Å². The monoisotopic (exact) mass is 527 g/mol. The van der Waals surface area contributed by atoms with Crippen LogP contribution < -0.4 is 10.6 Å². The molecule has 3 heterocycles. The Kier molecular flexibility index (Phi) is 6.45. The number of halogens is 3. The average Bonchev–Trinajstić information content (AvgIpc) is 2.86. The molecule has 36 heavy (non-hydrogen) atoms. The van der Waals surface area contributed by atoms with E-state index in [9.17, 15) is 23.6 Å². The Hall–Kier alpha value is -3.42. The van der Waals surface area contributed by atoms with Gasteiger partial charge in [0.05, 0.1) is 29.1 Å². The number of nitrogens with zero attached hydrogens (tertiary/aromatic N) is 5. The fourth-order valence-electron chi connectivity index (χ4n) is 4.85. The summed E-state index contributed by atoms with van der Waals surface area (Å²) >= 11 is 8.16. The van der Waals surface area contributed by atoms with Crippen LogP contribution in [-0.4, -0.2) is 51.8 Å². The molecule has 3 aromatic rings. The molecule has 5 rings (SSSR count). The number of anilines is 1. The second-order valence-corrected chi connectivity index (χ2v) is 10.0. The van der Waals surface area contributed by atoms with E-state index in [-0.39, 0.29) is 29.5 Å². The minimum absolute atomic E-state index is 0.112. The first-order chi connectivity index (χ1) is 17.3. The zero-order valence-corrected chi connectivity index (χ0v) is 20.6. The molecule has 0 radical (unpaired) electrons. The average molecular weight is 528 g/mol. The molecule has 1 fully saturated rings. The number of amides is 1. The summed E-state index contributed by atoms with van der Waals surface area (Å²) in [6.45, 7) is 4.95. The molecule has 1 saturated heterocycles. The molecule has 2 aromatic carbocycles. The van der Waals surface area contributed by atoms with E-state index in [1.54, 1.807) is 15.5 Å². The van der Waals surface area contributed by atoms with Crippen molar-refractivity contribution < 1.29 is 13.6 Å². The number of carbonyl (C=O) groups is 1. The van der Waals surface area contributed by atoms with Gasteiger partial charge < -0.3 is 9.80 Å². The van der Waals surface area contributed by atoms with E-state index in [4.69, 9.17) is 11.6 Å². The first kappa shape index (κ1) is 24.3. The van der Waals surface area contributed by atoms with Crippen LogP contribution in [-0.2, 0) is 11.3 Å². The van der Waals surface area contributed by atoms with Crippen molar-refractivity contribution in [2.75, 3.05) is 30.3 Å². The summed E-state index contributed by atoms with van der Waals surface area (Å²) in [6.07, 6.45) is 1.35. The predicted octanol–water partition coefficient (Wildman–Crippen LogP) is 4.22. The minimum Gasteiger partial charge on any atom is -0.348 e. The molecular weight excluding hydrogens is 508 g/mol. The molecule has 1 atom stereocenters. The molecule has 11 heteroatoms. The molecular formula is C25H20ClF2N5O2S. The van der Waals surface area contributed by atoms with Crippen molar-refractivity contribution in [2.24, 2.45) is 0 Å². The first-order valence-electron chi connectivity index (χ1n) is 11.2. The fraction of sp³-hybridized carbons (Fsp3) is 0.280. The summed E-state index contributed by atoms with van der Waals surface area (Å²) in [5, 5.41) is 10.3. The van der Waals surface area contributed by atoms with Gasteiger partial charge in [-0.3, -0.25) is 9.36 Å². The van der Waals surface area contributed by atoms with Gasteiger partial charge >= 0.3 is 5.69 Å². The Morgan fingerprint density at radius 3 is 2.83 bits per heavy atom. The summed E-state index contributed by atoms with van der Waals surface area (Å²) in [7, 11) is 0. The third-order valence-electron chi connectivity index (χ3n) is 6.48. The summed E-state index contributed by atoms with van der Waals surface area (Å²) in [5.74, 6) is -0.755. The normalized spacial score (nSPS) is 17.2. The Bertz CT molecular complexity index is 1520. The lowest BCUT2D eigenvalue weighted by Crippen LogP contribution is -2.55. The number of nitriles is 1. The van der Waals surface area contributed by atoms with Crippen molar-refractivity contribution in [1.82, 2.24) is 14.5 Å². The fourth-order valence-corrected chi connectivity index (χ4v) is 6.41. The number of aryl methyl sites for hydroxylation is 1. The molecule has 0 bridgehead atoms. The van der Waals surface area contributed by atoms with Crippen LogP contribution in [0, 0.1) is 23.0 Å². The van der Waals surface area contributed by atoms with E-state index < -0.39 is 23.4 Å². The highest BCUT2D eigenvalue weighted by Crippen LogP contribution is 2.46. The van der Waals surface area contributed by atoms with Gasteiger partial charge in [0, 0.05) is 59.4 Å². The van der Waals surface area contributed by atoms with Crippen molar-refractivity contribution in [3.05, 3.63) is 64.1 Å². The predicted molar refractivity (Wildman–Crippen MR) is 135 cm³/mol. The Morgan fingerprint density at radius 2 is 2.11 bits per heavy atom. The maximum absolute atomic E-state index is 14.8. The van der Waals surface area contributed by atoms with Crippen LogP contribution >= 0.6 is 23.4 Å². The van der Waals surface area contributed by atoms with Crippen molar-refractivity contribution in [1.29, 1.82) is 5.26 Å². The molecule has 2 aliphatic heterocycles. The zero-order chi connectivity index (χ0) is 25.6. The highest BCUT2D eigenvalue weighted by atomic mass is 35.5. The zero-order valence-electron chi connectivity index (χ0n) is 19.0. The molecule has 0 spiro atoms. The lowest BCUT2D eigenvalue weighted by molar-refractivity contribution is -0.126. The smallest absolute Gasteiger partial charge is 0.348 e. The molecule has 0 N–H and O–H groups in total. The topological polar surface area (TPSA) is 82.2 Å². The Balaban J connectivity index is 1.72. The van der Waals surface area contributed by atoms with E-state index in [1.165, 1.54) is 30.0 Å². The first-order valence-corrected chi connectivity index (χ1v) is 12.6. The second kappa shape index (κ2) is 9.56. The summed E-state index contributed by atoms with van der Waals surface area (Å²) in [5.41, 5.74) is 0.646. The van der Waals surface area contributed by atoms with Crippen LogP contribution in [0.5, 0.6) is 0 Å². The second-order valence-electron chi connectivity index (χ2n) is 8.50. The Labute approximate surface area is 214 Å². The summed E-state index contributed by atoms with van der Waals surface area (Å²) in [4.78, 5) is 33.8. The van der Waals surface area contributed by atoms with Crippen molar-refractivity contribution in [3.8, 4) is 17.2 Å². The number of piperazine rings is 1. The van der Waals surface area contributed by atoms with E-state index in [0.717, 1.165) is 6.07 Å².